The number of esters is 1. The van der Waals surface area contributed by atoms with Crippen molar-refractivity contribution in [3.05, 3.63) is 29.8 Å². The molecule has 0 aliphatic heterocycles. The molecule has 1 aliphatic carbocycles. The molecule has 0 amide bonds. The predicted octanol–water partition coefficient (Wildman–Crippen LogP) is 0.241. The van der Waals surface area contributed by atoms with Crippen LogP contribution in [0.25, 0.3) is 0 Å². The number of carbonyl (C=O) groups is 1. The molecule has 1 saturated carbocycles. The minimum atomic E-state index is -3.62. The maximum absolute atomic E-state index is 12.1. The van der Waals surface area contributed by atoms with Gasteiger partial charge in [-0.25, -0.2) is 17.9 Å². The van der Waals surface area contributed by atoms with Crippen molar-refractivity contribution in [1.29, 1.82) is 0 Å². The summed E-state index contributed by atoms with van der Waals surface area (Å²) < 4.78 is 31.3. The molecular formula is C12H16N2O4S. The number of ether oxygens (including phenoxy) is 1. The van der Waals surface area contributed by atoms with Crippen molar-refractivity contribution in [3.8, 4) is 0 Å². The van der Waals surface area contributed by atoms with Gasteiger partial charge < -0.3 is 10.5 Å². The maximum atomic E-state index is 12.1. The standard InChI is InChI=1S/C12H16N2O4S/c1-18-12(15)8-3-2-4-11(5-8)19(16,17)14-10-6-9(13)7-10/h2-5,9-10,14H,6-7,13H2,1H3. The first-order valence-electron chi connectivity index (χ1n) is 5.88. The van der Waals surface area contributed by atoms with Gasteiger partial charge in [-0.05, 0) is 31.0 Å². The first-order valence-corrected chi connectivity index (χ1v) is 7.37. The summed E-state index contributed by atoms with van der Waals surface area (Å²) in [5, 5.41) is 0. The highest BCUT2D eigenvalue weighted by Gasteiger charge is 2.30. The molecule has 0 aromatic heterocycles. The van der Waals surface area contributed by atoms with E-state index in [0.29, 0.717) is 12.8 Å². The molecule has 0 saturated heterocycles. The molecule has 0 heterocycles. The lowest BCUT2D eigenvalue weighted by Crippen LogP contribution is -2.50. The zero-order valence-corrected chi connectivity index (χ0v) is 11.3. The first-order chi connectivity index (χ1) is 8.92. The van der Waals surface area contributed by atoms with Crippen LogP contribution in [0.15, 0.2) is 29.2 Å². The molecule has 2 rings (SSSR count). The van der Waals surface area contributed by atoms with Crippen LogP contribution in [0.1, 0.15) is 23.2 Å². The van der Waals surface area contributed by atoms with Crippen molar-refractivity contribution in [2.24, 2.45) is 5.73 Å². The molecule has 1 fully saturated rings. The molecule has 0 atom stereocenters. The smallest absolute Gasteiger partial charge is 0.337 e. The summed E-state index contributed by atoms with van der Waals surface area (Å²) in [6.45, 7) is 0. The molecule has 6 nitrogen and oxygen atoms in total. The molecule has 0 bridgehead atoms. The lowest BCUT2D eigenvalue weighted by molar-refractivity contribution is 0.0600. The summed E-state index contributed by atoms with van der Waals surface area (Å²) in [5.74, 6) is -0.567. The van der Waals surface area contributed by atoms with Gasteiger partial charge in [0.15, 0.2) is 0 Å². The summed E-state index contributed by atoms with van der Waals surface area (Å²) in [5.41, 5.74) is 5.82. The van der Waals surface area contributed by atoms with Crippen molar-refractivity contribution in [1.82, 2.24) is 4.72 Å². The van der Waals surface area contributed by atoms with Gasteiger partial charge in [0.2, 0.25) is 10.0 Å². The summed E-state index contributed by atoms with van der Waals surface area (Å²) >= 11 is 0. The Labute approximate surface area is 112 Å². The highest BCUT2D eigenvalue weighted by molar-refractivity contribution is 7.89. The second kappa shape index (κ2) is 5.28. The molecular weight excluding hydrogens is 268 g/mol. The van der Waals surface area contributed by atoms with E-state index in [1.54, 1.807) is 0 Å². The third-order valence-corrected chi connectivity index (χ3v) is 4.58. The highest BCUT2D eigenvalue weighted by Crippen LogP contribution is 2.21. The van der Waals surface area contributed by atoms with E-state index in [1.807, 2.05) is 0 Å². The minimum absolute atomic E-state index is 0.0517. The zero-order chi connectivity index (χ0) is 14.0. The van der Waals surface area contributed by atoms with Crippen molar-refractivity contribution in [2.75, 3.05) is 7.11 Å². The number of nitrogens with one attached hydrogen (secondary N) is 1. The maximum Gasteiger partial charge on any atom is 0.337 e. The highest BCUT2D eigenvalue weighted by atomic mass is 32.2. The molecule has 1 aliphatic rings. The van der Waals surface area contributed by atoms with E-state index >= 15 is 0 Å². The van der Waals surface area contributed by atoms with Crippen molar-refractivity contribution < 1.29 is 17.9 Å². The Morgan fingerprint density at radius 1 is 1.42 bits per heavy atom. The van der Waals surface area contributed by atoms with E-state index in [4.69, 9.17) is 5.73 Å². The van der Waals surface area contributed by atoms with Gasteiger partial charge in [0.05, 0.1) is 17.6 Å². The average Bonchev–Trinajstić information content (AvgIpc) is 2.36. The topological polar surface area (TPSA) is 98.5 Å². The van der Waals surface area contributed by atoms with E-state index in [2.05, 4.69) is 9.46 Å². The summed E-state index contributed by atoms with van der Waals surface area (Å²) in [6.07, 6.45) is 1.27. The Bertz CT molecular complexity index is 579. The summed E-state index contributed by atoms with van der Waals surface area (Å²) in [7, 11) is -2.37. The SMILES string of the molecule is COC(=O)c1cccc(S(=O)(=O)NC2CC(N)C2)c1. The van der Waals surface area contributed by atoms with E-state index < -0.39 is 16.0 Å². The Morgan fingerprint density at radius 2 is 2.11 bits per heavy atom. The van der Waals surface area contributed by atoms with Gasteiger partial charge in [-0.2, -0.15) is 0 Å². The molecule has 0 radical (unpaired) electrons. The minimum Gasteiger partial charge on any atom is -0.465 e. The van der Waals surface area contributed by atoms with Crippen molar-refractivity contribution in [2.45, 2.75) is 29.8 Å². The summed E-state index contributed by atoms with van der Waals surface area (Å²) in [6, 6.07) is 5.69. The van der Waals surface area contributed by atoms with Gasteiger partial charge in [0.25, 0.3) is 0 Å². The monoisotopic (exact) mass is 284 g/mol. The Kier molecular flexibility index (Phi) is 3.88. The lowest BCUT2D eigenvalue weighted by atomic mass is 9.89. The van der Waals surface area contributed by atoms with Crippen LogP contribution in [-0.4, -0.2) is 33.6 Å². The number of rotatable bonds is 4. The van der Waals surface area contributed by atoms with E-state index in [-0.39, 0.29) is 22.5 Å². The first kappa shape index (κ1) is 14.0. The van der Waals surface area contributed by atoms with Gasteiger partial charge in [0.1, 0.15) is 0 Å². The number of nitrogens with two attached hydrogens (primary N) is 1. The van der Waals surface area contributed by atoms with Crippen LogP contribution in [0.3, 0.4) is 0 Å². The van der Waals surface area contributed by atoms with Crippen LogP contribution in [0, 0.1) is 0 Å². The van der Waals surface area contributed by atoms with Gasteiger partial charge in [0, 0.05) is 12.1 Å². The molecule has 1 aromatic rings. The lowest BCUT2D eigenvalue weighted by Gasteiger charge is -2.32. The number of carbonyl (C=O) groups excluding carboxylic acids is 1. The second-order valence-corrected chi connectivity index (χ2v) is 6.28. The van der Waals surface area contributed by atoms with E-state index in [0.717, 1.165) is 0 Å². The number of benzene rings is 1. The van der Waals surface area contributed by atoms with E-state index in [1.165, 1.54) is 31.4 Å². The largest absolute Gasteiger partial charge is 0.465 e. The number of hydrogen-bond acceptors (Lipinski definition) is 5. The zero-order valence-electron chi connectivity index (χ0n) is 10.5. The quantitative estimate of drug-likeness (QED) is 0.772. The Morgan fingerprint density at radius 3 is 2.68 bits per heavy atom. The normalized spacial score (nSPS) is 22.6. The van der Waals surface area contributed by atoms with Crippen LogP contribution in [0.4, 0.5) is 0 Å². The van der Waals surface area contributed by atoms with Crippen molar-refractivity contribution in [3.63, 3.8) is 0 Å². The number of methoxy groups -OCH3 is 1. The fraction of sp³-hybridized carbons (Fsp3) is 0.417. The van der Waals surface area contributed by atoms with Crippen LogP contribution < -0.4 is 10.5 Å². The van der Waals surface area contributed by atoms with E-state index in [9.17, 15) is 13.2 Å². The van der Waals surface area contributed by atoms with Gasteiger partial charge >= 0.3 is 5.97 Å². The molecule has 19 heavy (non-hydrogen) atoms. The molecule has 7 heteroatoms. The van der Waals surface area contributed by atoms with Crippen LogP contribution in [0.2, 0.25) is 0 Å². The molecule has 1 aromatic carbocycles. The average molecular weight is 284 g/mol. The van der Waals surface area contributed by atoms with Gasteiger partial charge in [-0.15, -0.1) is 0 Å². The van der Waals surface area contributed by atoms with Crippen molar-refractivity contribution >= 4 is 16.0 Å². The van der Waals surface area contributed by atoms with Crippen LogP contribution in [0.5, 0.6) is 0 Å². The second-order valence-electron chi connectivity index (χ2n) is 4.57. The Hall–Kier alpha value is -1.44. The third-order valence-electron chi connectivity index (χ3n) is 3.06. The van der Waals surface area contributed by atoms with Gasteiger partial charge in [-0.3, -0.25) is 0 Å². The fourth-order valence-electron chi connectivity index (χ4n) is 1.95. The predicted molar refractivity (Wildman–Crippen MR) is 69.1 cm³/mol. The number of sulfonamides is 1. The molecule has 104 valence electrons. The number of hydrogen-bond donors (Lipinski definition) is 2. The van der Waals surface area contributed by atoms with Gasteiger partial charge in [-0.1, -0.05) is 6.07 Å². The summed E-state index contributed by atoms with van der Waals surface area (Å²) in [4.78, 5) is 11.4. The fourth-order valence-corrected chi connectivity index (χ4v) is 3.26. The Balaban J connectivity index is 2.18. The third kappa shape index (κ3) is 3.12. The van der Waals surface area contributed by atoms with Crippen LogP contribution in [-0.2, 0) is 14.8 Å². The molecule has 0 unspecified atom stereocenters. The molecule has 0 spiro atoms. The van der Waals surface area contributed by atoms with Crippen LogP contribution >= 0.6 is 0 Å². The molecule has 3 N–H and O–H groups in total.